The molecule has 0 aliphatic carbocycles. The molecule has 0 N–H and O–H groups in total. The third-order valence-corrected chi connectivity index (χ3v) is 1.89. The largest absolute Gasteiger partial charge is 0.412 e. The van der Waals surface area contributed by atoms with E-state index in [1.165, 1.54) is 11.3 Å². The summed E-state index contributed by atoms with van der Waals surface area (Å²) in [5.41, 5.74) is 0. The second kappa shape index (κ2) is 3.32. The van der Waals surface area contributed by atoms with Crippen molar-refractivity contribution in [1.82, 2.24) is 9.97 Å². The average Bonchev–Trinajstić information content (AvgIpc) is 2.59. The van der Waals surface area contributed by atoms with Gasteiger partial charge in [-0.15, -0.1) is 0 Å². The number of rotatable bonds is 2. The summed E-state index contributed by atoms with van der Waals surface area (Å²) in [7, 11) is 0. The highest BCUT2D eigenvalue weighted by Gasteiger charge is 1.97. The first-order chi connectivity index (χ1) is 5.95. The Bertz CT molecular complexity index is 333. The minimum Gasteiger partial charge on any atom is -0.412 e. The van der Waals surface area contributed by atoms with Crippen LogP contribution in [-0.4, -0.2) is 9.97 Å². The molecule has 0 aliphatic heterocycles. The molecule has 0 aromatic carbocycles. The first kappa shape index (κ1) is 7.24. The summed E-state index contributed by atoms with van der Waals surface area (Å²) in [6.07, 6.45) is 3.38. The zero-order valence-electron chi connectivity index (χ0n) is 6.18. The molecule has 0 fully saturated rings. The van der Waals surface area contributed by atoms with Gasteiger partial charge in [0.25, 0.3) is 5.19 Å². The van der Waals surface area contributed by atoms with Crippen molar-refractivity contribution in [2.24, 2.45) is 0 Å². The van der Waals surface area contributed by atoms with Crippen LogP contribution in [0.15, 0.2) is 36.0 Å². The van der Waals surface area contributed by atoms with Crippen molar-refractivity contribution in [3.63, 3.8) is 0 Å². The van der Waals surface area contributed by atoms with E-state index in [0.717, 1.165) is 0 Å². The van der Waals surface area contributed by atoms with E-state index in [0.29, 0.717) is 11.1 Å². The van der Waals surface area contributed by atoms with Crippen LogP contribution in [0.1, 0.15) is 0 Å². The molecule has 60 valence electrons. The number of aromatic nitrogens is 2. The van der Waals surface area contributed by atoms with Crippen LogP contribution in [0.5, 0.6) is 11.1 Å². The van der Waals surface area contributed by atoms with Gasteiger partial charge >= 0.3 is 0 Å². The highest BCUT2D eigenvalue weighted by atomic mass is 32.1. The Morgan fingerprint density at radius 3 is 2.83 bits per heavy atom. The molecule has 0 unspecified atom stereocenters. The van der Waals surface area contributed by atoms with E-state index in [4.69, 9.17) is 4.74 Å². The van der Waals surface area contributed by atoms with Gasteiger partial charge in [0.1, 0.15) is 0 Å². The highest BCUT2D eigenvalue weighted by molar-refractivity contribution is 7.11. The Balaban J connectivity index is 2.15. The molecule has 2 aromatic heterocycles. The second-order valence-corrected chi connectivity index (χ2v) is 2.93. The van der Waals surface area contributed by atoms with E-state index in [-0.39, 0.29) is 0 Å². The van der Waals surface area contributed by atoms with Gasteiger partial charge in [0.05, 0.1) is 0 Å². The Hall–Kier alpha value is -1.42. The monoisotopic (exact) mass is 178 g/mol. The molecule has 4 heteroatoms. The van der Waals surface area contributed by atoms with Crippen LogP contribution < -0.4 is 4.74 Å². The van der Waals surface area contributed by atoms with Gasteiger partial charge in [0.15, 0.2) is 0 Å². The van der Waals surface area contributed by atoms with Gasteiger partial charge in [0.2, 0.25) is 5.88 Å². The Morgan fingerprint density at radius 1 is 1.17 bits per heavy atom. The lowest BCUT2D eigenvalue weighted by atomic mass is 10.5. The lowest BCUT2D eigenvalue weighted by Gasteiger charge is -1.97. The molecule has 2 rings (SSSR count). The van der Waals surface area contributed by atoms with Crippen molar-refractivity contribution in [3.8, 4) is 11.1 Å². The number of nitrogens with zero attached hydrogens (tertiary/aromatic N) is 2. The first-order valence-corrected chi connectivity index (χ1v) is 4.31. The van der Waals surface area contributed by atoms with Crippen LogP contribution in [0.25, 0.3) is 0 Å². The molecule has 0 saturated heterocycles. The van der Waals surface area contributed by atoms with E-state index < -0.39 is 0 Å². The van der Waals surface area contributed by atoms with Crippen molar-refractivity contribution in [2.45, 2.75) is 0 Å². The van der Waals surface area contributed by atoms with E-state index in [1.54, 1.807) is 18.5 Å². The summed E-state index contributed by atoms with van der Waals surface area (Å²) in [5.74, 6) is 0.576. The average molecular weight is 178 g/mol. The molecular weight excluding hydrogens is 172 g/mol. The number of hydrogen-bond donors (Lipinski definition) is 0. The summed E-state index contributed by atoms with van der Waals surface area (Å²) < 4.78 is 5.31. The second-order valence-electron chi connectivity index (χ2n) is 2.07. The fourth-order valence-corrected chi connectivity index (χ4v) is 1.25. The molecule has 0 spiro atoms. The maximum atomic E-state index is 5.31. The normalized spacial score (nSPS) is 9.67. The third kappa shape index (κ3) is 1.60. The molecule has 0 bridgehead atoms. The first-order valence-electron chi connectivity index (χ1n) is 3.43. The van der Waals surface area contributed by atoms with Crippen LogP contribution in [-0.2, 0) is 0 Å². The standard InChI is InChI=1S/C8H6N2OS/c1-2-4-9-7(3-1)11-8-10-5-6-12-8/h1-6H. The molecule has 2 heterocycles. The van der Waals surface area contributed by atoms with E-state index in [1.807, 2.05) is 17.5 Å². The van der Waals surface area contributed by atoms with Crippen LogP contribution in [0.2, 0.25) is 0 Å². The number of hydrogen-bond acceptors (Lipinski definition) is 4. The molecule has 2 aromatic rings. The molecule has 0 saturated carbocycles. The van der Waals surface area contributed by atoms with E-state index >= 15 is 0 Å². The predicted molar refractivity (Wildman–Crippen MR) is 46.4 cm³/mol. The molecule has 0 amide bonds. The van der Waals surface area contributed by atoms with E-state index in [2.05, 4.69) is 9.97 Å². The molecule has 0 radical (unpaired) electrons. The van der Waals surface area contributed by atoms with Crippen LogP contribution >= 0.6 is 11.3 Å². The van der Waals surface area contributed by atoms with Crippen molar-refractivity contribution >= 4 is 11.3 Å². The molecular formula is C8H6N2OS. The van der Waals surface area contributed by atoms with Gasteiger partial charge in [-0.1, -0.05) is 17.4 Å². The smallest absolute Gasteiger partial charge is 0.279 e. The zero-order valence-corrected chi connectivity index (χ0v) is 6.99. The van der Waals surface area contributed by atoms with Gasteiger partial charge in [-0.2, -0.15) is 0 Å². The number of thiazole rings is 1. The summed E-state index contributed by atoms with van der Waals surface area (Å²) in [6.45, 7) is 0. The summed E-state index contributed by atoms with van der Waals surface area (Å²) in [5, 5.41) is 2.48. The van der Waals surface area contributed by atoms with Crippen LogP contribution in [0.4, 0.5) is 0 Å². The fourth-order valence-electron chi connectivity index (χ4n) is 0.758. The van der Waals surface area contributed by atoms with Gasteiger partial charge in [-0.05, 0) is 6.07 Å². The Labute approximate surface area is 73.7 Å². The van der Waals surface area contributed by atoms with Crippen molar-refractivity contribution < 1.29 is 4.74 Å². The Morgan fingerprint density at radius 2 is 2.17 bits per heavy atom. The minimum absolute atomic E-state index is 0.576. The predicted octanol–water partition coefficient (Wildman–Crippen LogP) is 2.33. The van der Waals surface area contributed by atoms with Gasteiger partial charge in [-0.3, -0.25) is 0 Å². The van der Waals surface area contributed by atoms with Crippen molar-refractivity contribution in [3.05, 3.63) is 36.0 Å². The number of pyridine rings is 1. The molecule has 3 nitrogen and oxygen atoms in total. The molecule has 12 heavy (non-hydrogen) atoms. The maximum Gasteiger partial charge on any atom is 0.279 e. The lowest BCUT2D eigenvalue weighted by Crippen LogP contribution is -1.84. The van der Waals surface area contributed by atoms with Gasteiger partial charge in [-0.25, -0.2) is 9.97 Å². The maximum absolute atomic E-state index is 5.31. The molecule has 0 atom stereocenters. The summed E-state index contributed by atoms with van der Waals surface area (Å²) >= 11 is 1.44. The minimum atomic E-state index is 0.576. The highest BCUT2D eigenvalue weighted by Crippen LogP contribution is 2.20. The summed E-state index contributed by atoms with van der Waals surface area (Å²) in [4.78, 5) is 7.97. The lowest BCUT2D eigenvalue weighted by molar-refractivity contribution is 0.459. The fraction of sp³-hybridized carbons (Fsp3) is 0. The summed E-state index contributed by atoms with van der Waals surface area (Å²) in [6, 6.07) is 5.51. The quantitative estimate of drug-likeness (QED) is 0.707. The van der Waals surface area contributed by atoms with Crippen LogP contribution in [0.3, 0.4) is 0 Å². The van der Waals surface area contributed by atoms with Crippen molar-refractivity contribution in [2.75, 3.05) is 0 Å². The van der Waals surface area contributed by atoms with E-state index in [9.17, 15) is 0 Å². The topological polar surface area (TPSA) is 35.0 Å². The van der Waals surface area contributed by atoms with Crippen molar-refractivity contribution in [1.29, 1.82) is 0 Å². The Kier molecular flexibility index (Phi) is 2.00. The molecule has 0 aliphatic rings. The number of ether oxygens (including phenoxy) is 1. The van der Waals surface area contributed by atoms with Gasteiger partial charge < -0.3 is 4.74 Å². The van der Waals surface area contributed by atoms with Crippen LogP contribution in [0, 0.1) is 0 Å². The SMILES string of the molecule is c1ccc(Oc2nccs2)nc1. The van der Waals surface area contributed by atoms with Gasteiger partial charge in [0, 0.05) is 23.8 Å². The third-order valence-electron chi connectivity index (χ3n) is 1.24. The zero-order chi connectivity index (χ0) is 8.23.